The largest absolute Gasteiger partial charge is 0.350 e. The average molecular weight is 462 g/mol. The molecule has 2 saturated heterocycles. The van der Waals surface area contributed by atoms with Crippen LogP contribution in [-0.2, 0) is 0 Å². The van der Waals surface area contributed by atoms with E-state index in [0.29, 0.717) is 11.3 Å². The van der Waals surface area contributed by atoms with Gasteiger partial charge >= 0.3 is 0 Å². The number of rotatable bonds is 6. The summed E-state index contributed by atoms with van der Waals surface area (Å²) in [6.45, 7) is 5.59. The lowest BCUT2D eigenvalue weighted by Crippen LogP contribution is -2.41. The summed E-state index contributed by atoms with van der Waals surface area (Å²) in [4.78, 5) is 33.8. The lowest BCUT2D eigenvalue weighted by Gasteiger charge is -2.33. The van der Waals surface area contributed by atoms with Gasteiger partial charge in [-0.2, -0.15) is 0 Å². The molecule has 1 aromatic heterocycles. The number of hydrogen-bond donors (Lipinski definition) is 1. The van der Waals surface area contributed by atoms with Crippen LogP contribution >= 0.6 is 0 Å². The number of fused-ring (bicyclic) bond motifs is 1. The first kappa shape index (κ1) is 22.8. The second kappa shape index (κ2) is 9.71. The van der Waals surface area contributed by atoms with Crippen LogP contribution in [0.15, 0.2) is 48.5 Å². The first-order chi connectivity index (χ1) is 16.5. The van der Waals surface area contributed by atoms with Gasteiger partial charge in [-0.3, -0.25) is 9.59 Å². The Hall–Kier alpha value is -2.99. The van der Waals surface area contributed by atoms with E-state index in [-0.39, 0.29) is 29.5 Å². The second-order valence-corrected chi connectivity index (χ2v) is 9.79. The molecule has 3 heterocycles. The Morgan fingerprint density at radius 3 is 2.53 bits per heavy atom. The number of para-hydroxylation sites is 1. The van der Waals surface area contributed by atoms with E-state index in [1.807, 2.05) is 23.1 Å². The summed E-state index contributed by atoms with van der Waals surface area (Å²) in [5, 5.41) is 1.08. The molecule has 1 N–H and O–H groups in total. The van der Waals surface area contributed by atoms with E-state index >= 15 is 0 Å². The summed E-state index contributed by atoms with van der Waals surface area (Å²) in [7, 11) is 0. The third kappa shape index (κ3) is 4.64. The fourth-order valence-electron chi connectivity index (χ4n) is 5.58. The highest BCUT2D eigenvalue weighted by atomic mass is 19.1. The number of hydrogen-bond acceptors (Lipinski definition) is 3. The van der Waals surface area contributed by atoms with Crippen LogP contribution in [0.1, 0.15) is 58.5 Å². The third-order valence-electron chi connectivity index (χ3n) is 7.60. The monoisotopic (exact) mass is 461 g/mol. The van der Waals surface area contributed by atoms with Crippen molar-refractivity contribution in [1.82, 2.24) is 14.8 Å². The number of aromatic amines is 1. The van der Waals surface area contributed by atoms with Gasteiger partial charge in [0.25, 0.3) is 5.91 Å². The van der Waals surface area contributed by atoms with Crippen molar-refractivity contribution in [3.05, 3.63) is 71.2 Å². The summed E-state index contributed by atoms with van der Waals surface area (Å²) in [5.41, 5.74) is 3.47. The van der Waals surface area contributed by atoms with Crippen molar-refractivity contribution in [2.45, 2.75) is 45.1 Å². The number of nitrogens with one attached hydrogen (secondary N) is 1. The molecular formula is C28H32FN3O2. The molecule has 5 rings (SSSR count). The van der Waals surface area contributed by atoms with Crippen LogP contribution in [0.25, 0.3) is 10.9 Å². The predicted octanol–water partition coefficient (Wildman–Crippen LogP) is 5.21. The SMILES string of the molecule is Cc1cccc2cc(C(=O)N3CCCC3CCN3CCC(C(=O)c4ccc(F)cc4)CC3)[nH]c12. The van der Waals surface area contributed by atoms with Gasteiger partial charge < -0.3 is 14.8 Å². The highest BCUT2D eigenvalue weighted by Crippen LogP contribution is 2.27. The lowest BCUT2D eigenvalue weighted by atomic mass is 9.88. The number of piperidine rings is 1. The molecule has 2 aliphatic heterocycles. The smallest absolute Gasteiger partial charge is 0.270 e. The first-order valence-corrected chi connectivity index (χ1v) is 12.4. The van der Waals surface area contributed by atoms with Crippen molar-refractivity contribution in [3.63, 3.8) is 0 Å². The highest BCUT2D eigenvalue weighted by Gasteiger charge is 2.31. The second-order valence-electron chi connectivity index (χ2n) is 9.79. The fourth-order valence-corrected chi connectivity index (χ4v) is 5.58. The quantitative estimate of drug-likeness (QED) is 0.513. The van der Waals surface area contributed by atoms with E-state index in [1.165, 1.54) is 12.1 Å². The Balaban J connectivity index is 1.14. The Kier molecular flexibility index (Phi) is 6.50. The number of aromatic nitrogens is 1. The minimum absolute atomic E-state index is 0.0109. The molecule has 2 fully saturated rings. The molecule has 1 unspecified atom stereocenters. The number of halogens is 1. The van der Waals surface area contributed by atoms with E-state index in [4.69, 9.17) is 0 Å². The number of nitrogens with zero attached hydrogens (tertiary/aromatic N) is 2. The number of aryl methyl sites for hydroxylation is 1. The zero-order valence-electron chi connectivity index (χ0n) is 19.7. The van der Waals surface area contributed by atoms with E-state index in [2.05, 4.69) is 22.9 Å². The van der Waals surface area contributed by atoms with Gasteiger partial charge in [-0.1, -0.05) is 18.2 Å². The van der Waals surface area contributed by atoms with Crippen LogP contribution in [0.3, 0.4) is 0 Å². The number of carbonyl (C=O) groups is 2. The van der Waals surface area contributed by atoms with E-state index in [1.54, 1.807) is 12.1 Å². The van der Waals surface area contributed by atoms with E-state index < -0.39 is 0 Å². The summed E-state index contributed by atoms with van der Waals surface area (Å²) in [6.07, 6.45) is 4.71. The first-order valence-electron chi connectivity index (χ1n) is 12.4. The van der Waals surface area contributed by atoms with Crippen LogP contribution in [0.2, 0.25) is 0 Å². The number of Topliss-reactive ketones (excluding diaryl/α,β-unsaturated/α-hetero) is 1. The summed E-state index contributed by atoms with van der Waals surface area (Å²) >= 11 is 0. The van der Waals surface area contributed by atoms with Crippen LogP contribution in [0, 0.1) is 18.7 Å². The molecule has 0 saturated carbocycles. The minimum atomic E-state index is -0.314. The summed E-state index contributed by atoms with van der Waals surface area (Å²) in [6, 6.07) is 14.2. The molecule has 0 radical (unpaired) electrons. The minimum Gasteiger partial charge on any atom is -0.350 e. The summed E-state index contributed by atoms with van der Waals surface area (Å²) in [5.74, 6) is -0.0790. The van der Waals surface area contributed by atoms with Crippen LogP contribution in [-0.4, -0.2) is 58.7 Å². The number of ketones is 1. The molecule has 2 aliphatic rings. The molecular weight excluding hydrogens is 429 g/mol. The normalized spacial score (nSPS) is 19.7. The molecule has 3 aromatic rings. The van der Waals surface area contributed by atoms with Gasteiger partial charge in [-0.05, 0) is 88.0 Å². The Morgan fingerprint density at radius 1 is 1.03 bits per heavy atom. The lowest BCUT2D eigenvalue weighted by molar-refractivity contribution is 0.0700. The van der Waals surface area contributed by atoms with E-state index in [0.717, 1.165) is 74.7 Å². The van der Waals surface area contributed by atoms with Crippen LogP contribution in [0.4, 0.5) is 4.39 Å². The number of likely N-dealkylation sites (tertiary alicyclic amines) is 2. The molecule has 2 aromatic carbocycles. The zero-order valence-corrected chi connectivity index (χ0v) is 19.7. The van der Waals surface area contributed by atoms with Crippen molar-refractivity contribution in [1.29, 1.82) is 0 Å². The molecule has 0 bridgehead atoms. The number of carbonyl (C=O) groups excluding carboxylic acids is 2. The molecule has 1 amide bonds. The van der Waals surface area contributed by atoms with Gasteiger partial charge in [-0.25, -0.2) is 4.39 Å². The van der Waals surface area contributed by atoms with Crippen LogP contribution < -0.4 is 0 Å². The van der Waals surface area contributed by atoms with Gasteiger partial charge in [0, 0.05) is 41.5 Å². The Labute approximate surface area is 199 Å². The Bertz CT molecular complexity index is 1180. The molecule has 6 heteroatoms. The standard InChI is InChI=1S/C28H32FN3O2/c1-19-4-2-5-22-18-25(30-26(19)22)28(34)32-14-3-6-24(32)13-17-31-15-11-21(12-16-31)27(33)20-7-9-23(29)10-8-20/h2,4-5,7-10,18,21,24,30H,3,6,11-17H2,1H3. The van der Waals surface area contributed by atoms with Gasteiger partial charge in [0.1, 0.15) is 11.5 Å². The third-order valence-corrected chi connectivity index (χ3v) is 7.60. The van der Waals surface area contributed by atoms with Crippen molar-refractivity contribution < 1.29 is 14.0 Å². The molecule has 0 aliphatic carbocycles. The van der Waals surface area contributed by atoms with Crippen molar-refractivity contribution in [2.24, 2.45) is 5.92 Å². The fraction of sp³-hybridized carbons (Fsp3) is 0.429. The van der Waals surface area contributed by atoms with Crippen LogP contribution in [0.5, 0.6) is 0 Å². The molecule has 34 heavy (non-hydrogen) atoms. The number of amides is 1. The zero-order chi connectivity index (χ0) is 23.7. The molecule has 0 spiro atoms. The molecule has 1 atom stereocenters. The van der Waals surface area contributed by atoms with Gasteiger partial charge in [0.15, 0.2) is 5.78 Å². The van der Waals surface area contributed by atoms with Gasteiger partial charge in [0.2, 0.25) is 0 Å². The maximum atomic E-state index is 13.3. The number of benzene rings is 2. The highest BCUT2D eigenvalue weighted by molar-refractivity contribution is 5.99. The molecule has 178 valence electrons. The predicted molar refractivity (Wildman–Crippen MR) is 132 cm³/mol. The topological polar surface area (TPSA) is 56.4 Å². The van der Waals surface area contributed by atoms with Crippen molar-refractivity contribution in [3.8, 4) is 0 Å². The maximum absolute atomic E-state index is 13.3. The number of H-pyrrole nitrogens is 1. The summed E-state index contributed by atoms with van der Waals surface area (Å²) < 4.78 is 13.2. The average Bonchev–Trinajstić information content (AvgIpc) is 3.51. The van der Waals surface area contributed by atoms with Gasteiger partial charge in [-0.15, -0.1) is 0 Å². The van der Waals surface area contributed by atoms with Crippen molar-refractivity contribution >= 4 is 22.6 Å². The Morgan fingerprint density at radius 2 is 1.79 bits per heavy atom. The van der Waals surface area contributed by atoms with E-state index in [9.17, 15) is 14.0 Å². The molecule has 5 nitrogen and oxygen atoms in total. The maximum Gasteiger partial charge on any atom is 0.270 e. The van der Waals surface area contributed by atoms with Gasteiger partial charge in [0.05, 0.1) is 0 Å². The van der Waals surface area contributed by atoms with Crippen molar-refractivity contribution in [2.75, 3.05) is 26.2 Å².